The third-order valence-corrected chi connectivity index (χ3v) is 3.54. The van der Waals surface area contributed by atoms with Crippen molar-refractivity contribution in [2.75, 3.05) is 26.2 Å². The van der Waals surface area contributed by atoms with Crippen molar-refractivity contribution in [2.24, 2.45) is 0 Å². The number of rotatable bonds is 8. The van der Waals surface area contributed by atoms with Crippen LogP contribution in [-0.4, -0.2) is 42.2 Å². The first-order chi connectivity index (χ1) is 9.75. The Bertz CT molecular complexity index is 389. The van der Waals surface area contributed by atoms with Gasteiger partial charge in [0, 0.05) is 18.3 Å². The van der Waals surface area contributed by atoms with Gasteiger partial charge in [0.1, 0.15) is 0 Å². The van der Waals surface area contributed by atoms with Crippen LogP contribution < -0.4 is 10.1 Å². The van der Waals surface area contributed by atoms with Gasteiger partial charge in [-0.2, -0.15) is 0 Å². The summed E-state index contributed by atoms with van der Waals surface area (Å²) in [5, 5.41) is 3.49. The van der Waals surface area contributed by atoms with E-state index in [9.17, 15) is 0 Å². The fourth-order valence-corrected chi connectivity index (χ4v) is 2.54. The molecule has 2 rings (SSSR count). The molecule has 20 heavy (non-hydrogen) atoms. The topological polar surface area (TPSA) is 37.4 Å². The Hall–Kier alpha value is -1.13. The summed E-state index contributed by atoms with van der Waals surface area (Å²) in [5.41, 5.74) is 1.14. The zero-order valence-electron chi connectivity index (χ0n) is 12.8. The highest BCUT2D eigenvalue weighted by Crippen LogP contribution is 2.15. The van der Waals surface area contributed by atoms with Gasteiger partial charge in [-0.25, -0.2) is 4.98 Å². The maximum atomic E-state index is 5.72. The van der Waals surface area contributed by atoms with Crippen molar-refractivity contribution >= 4 is 0 Å². The summed E-state index contributed by atoms with van der Waals surface area (Å²) in [4.78, 5) is 6.86. The number of nitrogens with zero attached hydrogens (tertiary/aromatic N) is 2. The second kappa shape index (κ2) is 8.22. The molecule has 0 bridgehead atoms. The highest BCUT2D eigenvalue weighted by atomic mass is 16.5. The molecule has 4 nitrogen and oxygen atoms in total. The lowest BCUT2D eigenvalue weighted by molar-refractivity contribution is 0.229. The average Bonchev–Trinajstić information content (AvgIpc) is 2.93. The average molecular weight is 277 g/mol. The summed E-state index contributed by atoms with van der Waals surface area (Å²) in [6.45, 7) is 9.73. The van der Waals surface area contributed by atoms with Crippen molar-refractivity contribution < 1.29 is 4.74 Å². The number of hydrogen-bond donors (Lipinski definition) is 1. The van der Waals surface area contributed by atoms with E-state index in [4.69, 9.17) is 4.74 Å². The van der Waals surface area contributed by atoms with Crippen LogP contribution in [0.15, 0.2) is 18.3 Å². The van der Waals surface area contributed by atoms with Crippen LogP contribution in [0.25, 0.3) is 0 Å². The minimum Gasteiger partial charge on any atom is -0.475 e. The normalized spacial score (nSPS) is 15.9. The molecular weight excluding hydrogens is 250 g/mol. The van der Waals surface area contributed by atoms with Crippen LogP contribution in [0.2, 0.25) is 0 Å². The summed E-state index contributed by atoms with van der Waals surface area (Å²) in [6, 6.07) is 4.05. The first-order valence-electron chi connectivity index (χ1n) is 7.79. The molecule has 4 heteroatoms. The SMILES string of the molecule is CC(C)Oc1ncccc1CNCCCN1CCCC1. The van der Waals surface area contributed by atoms with Gasteiger partial charge < -0.3 is 15.0 Å². The Morgan fingerprint density at radius 2 is 2.15 bits per heavy atom. The summed E-state index contributed by atoms with van der Waals surface area (Å²) < 4.78 is 5.72. The highest BCUT2D eigenvalue weighted by molar-refractivity contribution is 5.25. The third kappa shape index (κ3) is 5.10. The molecule has 1 saturated heterocycles. The van der Waals surface area contributed by atoms with Crippen molar-refractivity contribution in [3.63, 3.8) is 0 Å². The summed E-state index contributed by atoms with van der Waals surface area (Å²) >= 11 is 0. The van der Waals surface area contributed by atoms with Crippen molar-refractivity contribution in [1.29, 1.82) is 0 Å². The molecule has 1 N–H and O–H groups in total. The van der Waals surface area contributed by atoms with Gasteiger partial charge >= 0.3 is 0 Å². The van der Waals surface area contributed by atoms with Gasteiger partial charge in [-0.3, -0.25) is 0 Å². The van der Waals surface area contributed by atoms with Gasteiger partial charge in [-0.05, 0) is 65.4 Å². The van der Waals surface area contributed by atoms with Crippen LogP contribution in [0.3, 0.4) is 0 Å². The van der Waals surface area contributed by atoms with Gasteiger partial charge in [-0.1, -0.05) is 6.07 Å². The van der Waals surface area contributed by atoms with E-state index in [1.165, 1.54) is 38.9 Å². The van der Waals surface area contributed by atoms with E-state index < -0.39 is 0 Å². The maximum absolute atomic E-state index is 5.72. The largest absolute Gasteiger partial charge is 0.475 e. The van der Waals surface area contributed by atoms with E-state index in [1.54, 1.807) is 6.20 Å². The van der Waals surface area contributed by atoms with E-state index in [0.717, 1.165) is 24.5 Å². The lowest BCUT2D eigenvalue weighted by atomic mass is 10.2. The maximum Gasteiger partial charge on any atom is 0.218 e. The molecule has 0 aliphatic carbocycles. The van der Waals surface area contributed by atoms with Gasteiger partial charge in [-0.15, -0.1) is 0 Å². The molecule has 112 valence electrons. The van der Waals surface area contributed by atoms with E-state index >= 15 is 0 Å². The van der Waals surface area contributed by atoms with Crippen LogP contribution in [-0.2, 0) is 6.54 Å². The summed E-state index contributed by atoms with van der Waals surface area (Å²) in [7, 11) is 0. The molecule has 1 aliphatic heterocycles. The predicted molar refractivity (Wildman–Crippen MR) is 82.0 cm³/mol. The molecule has 0 spiro atoms. The van der Waals surface area contributed by atoms with Gasteiger partial charge in [0.15, 0.2) is 0 Å². The molecule has 2 heterocycles. The molecule has 0 aromatic carbocycles. The van der Waals surface area contributed by atoms with E-state index in [2.05, 4.69) is 21.3 Å². The van der Waals surface area contributed by atoms with E-state index in [-0.39, 0.29) is 6.10 Å². The lowest BCUT2D eigenvalue weighted by Crippen LogP contribution is -2.25. The molecule has 0 radical (unpaired) electrons. The molecule has 1 aromatic rings. The fourth-order valence-electron chi connectivity index (χ4n) is 2.54. The van der Waals surface area contributed by atoms with Crippen LogP contribution in [0.5, 0.6) is 5.88 Å². The summed E-state index contributed by atoms with van der Waals surface area (Å²) in [6.07, 6.45) is 5.91. The number of nitrogens with one attached hydrogen (secondary N) is 1. The number of hydrogen-bond acceptors (Lipinski definition) is 4. The second-order valence-electron chi connectivity index (χ2n) is 5.71. The van der Waals surface area contributed by atoms with Crippen LogP contribution >= 0.6 is 0 Å². The molecule has 0 saturated carbocycles. The molecular formula is C16H27N3O. The predicted octanol–water partition coefficient (Wildman–Crippen LogP) is 2.44. The van der Waals surface area contributed by atoms with Gasteiger partial charge in [0.05, 0.1) is 6.10 Å². The minimum atomic E-state index is 0.166. The van der Waals surface area contributed by atoms with Crippen LogP contribution in [0, 0.1) is 0 Å². The van der Waals surface area contributed by atoms with Gasteiger partial charge in [0.25, 0.3) is 0 Å². The monoisotopic (exact) mass is 277 g/mol. The Balaban J connectivity index is 1.67. The van der Waals surface area contributed by atoms with Crippen molar-refractivity contribution in [1.82, 2.24) is 15.2 Å². The Labute approximate surface area is 122 Å². The highest BCUT2D eigenvalue weighted by Gasteiger charge is 2.10. The quantitative estimate of drug-likeness (QED) is 0.741. The Morgan fingerprint density at radius 3 is 2.90 bits per heavy atom. The Morgan fingerprint density at radius 1 is 1.35 bits per heavy atom. The first-order valence-corrected chi connectivity index (χ1v) is 7.79. The van der Waals surface area contributed by atoms with Crippen molar-refractivity contribution in [2.45, 2.75) is 45.8 Å². The van der Waals surface area contributed by atoms with Crippen LogP contribution in [0.1, 0.15) is 38.7 Å². The molecule has 1 aliphatic rings. The third-order valence-electron chi connectivity index (χ3n) is 3.54. The zero-order valence-corrected chi connectivity index (χ0v) is 12.8. The minimum absolute atomic E-state index is 0.166. The van der Waals surface area contributed by atoms with Crippen molar-refractivity contribution in [3.05, 3.63) is 23.9 Å². The van der Waals surface area contributed by atoms with Crippen molar-refractivity contribution in [3.8, 4) is 5.88 Å². The second-order valence-corrected chi connectivity index (χ2v) is 5.71. The van der Waals surface area contributed by atoms with Crippen LogP contribution in [0.4, 0.5) is 0 Å². The number of aromatic nitrogens is 1. The zero-order chi connectivity index (χ0) is 14.2. The number of ether oxygens (including phenoxy) is 1. The number of pyridine rings is 1. The Kier molecular flexibility index (Phi) is 6.27. The fraction of sp³-hybridized carbons (Fsp3) is 0.688. The number of likely N-dealkylation sites (tertiary alicyclic amines) is 1. The molecule has 0 unspecified atom stereocenters. The molecule has 0 amide bonds. The van der Waals surface area contributed by atoms with E-state index in [1.807, 2.05) is 19.9 Å². The molecule has 1 fully saturated rings. The smallest absolute Gasteiger partial charge is 0.218 e. The van der Waals surface area contributed by atoms with E-state index in [0.29, 0.717) is 0 Å². The van der Waals surface area contributed by atoms with Gasteiger partial charge in [0.2, 0.25) is 5.88 Å². The molecule has 1 aromatic heterocycles. The first kappa shape index (κ1) is 15.3. The summed E-state index contributed by atoms with van der Waals surface area (Å²) in [5.74, 6) is 0.759. The lowest BCUT2D eigenvalue weighted by Gasteiger charge is -2.15. The standard InChI is InChI=1S/C16H27N3O/c1-14(2)20-16-15(7-5-9-18-16)13-17-8-6-12-19-10-3-4-11-19/h5,7,9,14,17H,3-4,6,8,10-13H2,1-2H3. The molecule has 0 atom stereocenters.